The average molecular weight is 466 g/mol. The Bertz CT molecular complexity index is 1190. The molecule has 0 atom stereocenters. The number of halogens is 1. The summed E-state index contributed by atoms with van der Waals surface area (Å²) in [6.07, 6.45) is 2.36. The molecule has 0 aliphatic carbocycles. The van der Waals surface area contributed by atoms with E-state index in [1.807, 2.05) is 24.3 Å². The third-order valence-corrected chi connectivity index (χ3v) is 6.91. The predicted molar refractivity (Wildman–Crippen MR) is 130 cm³/mol. The maximum absolute atomic E-state index is 12.4. The van der Waals surface area contributed by atoms with Gasteiger partial charge in [0.25, 0.3) is 0 Å². The fourth-order valence-corrected chi connectivity index (χ4v) is 4.97. The van der Waals surface area contributed by atoms with Crippen LogP contribution in [0.5, 0.6) is 5.75 Å². The van der Waals surface area contributed by atoms with E-state index >= 15 is 0 Å². The van der Waals surface area contributed by atoms with Gasteiger partial charge in [-0.1, -0.05) is 41.9 Å². The summed E-state index contributed by atoms with van der Waals surface area (Å²) in [5, 5.41) is 11.7. The summed E-state index contributed by atoms with van der Waals surface area (Å²) in [5.74, 6) is 0.0716. The highest BCUT2D eigenvalue weighted by atomic mass is 35.5. The summed E-state index contributed by atoms with van der Waals surface area (Å²) in [4.78, 5) is 19.2. The van der Waals surface area contributed by atoms with E-state index in [-0.39, 0.29) is 5.75 Å². The van der Waals surface area contributed by atoms with Gasteiger partial charge in [-0.25, -0.2) is 4.79 Å². The molecule has 0 unspecified atom stereocenters. The van der Waals surface area contributed by atoms with Crippen LogP contribution in [0.4, 0.5) is 5.69 Å². The number of fused-ring (bicyclic) bond motifs is 1. The lowest BCUT2D eigenvalue weighted by Gasteiger charge is -2.36. The molecule has 33 heavy (non-hydrogen) atoms. The monoisotopic (exact) mass is 465 g/mol. The lowest BCUT2D eigenvalue weighted by Crippen LogP contribution is -2.46. The minimum absolute atomic E-state index is 0.0716. The topological polar surface area (TPSA) is 60.2 Å². The summed E-state index contributed by atoms with van der Waals surface area (Å²) in [6.45, 7) is 6.01. The van der Waals surface area contributed by atoms with E-state index in [0.717, 1.165) is 56.4 Å². The van der Waals surface area contributed by atoms with Crippen molar-refractivity contribution in [3.8, 4) is 5.75 Å². The van der Waals surface area contributed by atoms with Crippen molar-refractivity contribution in [3.63, 3.8) is 0 Å². The molecule has 0 saturated carbocycles. The van der Waals surface area contributed by atoms with Crippen molar-refractivity contribution in [2.45, 2.75) is 26.1 Å². The summed E-state index contributed by atoms with van der Waals surface area (Å²) in [6, 6.07) is 16.3. The van der Waals surface area contributed by atoms with Gasteiger partial charge in [-0.05, 0) is 35.7 Å². The summed E-state index contributed by atoms with van der Waals surface area (Å²) < 4.78 is 5.33. The minimum atomic E-state index is -0.458. The summed E-state index contributed by atoms with van der Waals surface area (Å²) in [7, 11) is 0. The van der Waals surface area contributed by atoms with Crippen LogP contribution in [0.25, 0.3) is 0 Å². The molecule has 1 aromatic heterocycles. The molecule has 1 fully saturated rings. The van der Waals surface area contributed by atoms with Gasteiger partial charge >= 0.3 is 5.63 Å². The van der Waals surface area contributed by atoms with Gasteiger partial charge in [-0.3, -0.25) is 9.80 Å². The smallest absolute Gasteiger partial charge is 0.343 e. The number of aromatic hydroxyl groups is 1. The van der Waals surface area contributed by atoms with Crippen molar-refractivity contribution in [2.24, 2.45) is 0 Å². The molecule has 3 heterocycles. The zero-order chi connectivity index (χ0) is 22.8. The van der Waals surface area contributed by atoms with Crippen molar-refractivity contribution in [2.75, 3.05) is 37.6 Å². The van der Waals surface area contributed by atoms with Crippen molar-refractivity contribution >= 4 is 17.3 Å². The maximum atomic E-state index is 12.4. The molecule has 6 nitrogen and oxygen atoms in total. The normalized spacial score (nSPS) is 17.2. The third-order valence-electron chi connectivity index (χ3n) is 6.68. The first-order valence-electron chi connectivity index (χ1n) is 11.4. The first kappa shape index (κ1) is 22.0. The van der Waals surface area contributed by atoms with Crippen LogP contribution >= 0.6 is 11.6 Å². The Hall–Kier alpha value is -2.80. The first-order valence-corrected chi connectivity index (χ1v) is 11.8. The molecule has 1 N–H and O–H groups in total. The maximum Gasteiger partial charge on any atom is 0.343 e. The van der Waals surface area contributed by atoms with Crippen LogP contribution in [0.3, 0.4) is 0 Å². The molecule has 3 aromatic rings. The zero-order valence-corrected chi connectivity index (χ0v) is 19.3. The van der Waals surface area contributed by atoms with Crippen molar-refractivity contribution < 1.29 is 9.52 Å². The molecule has 1 saturated heterocycles. The van der Waals surface area contributed by atoms with Crippen LogP contribution in [0.2, 0.25) is 5.02 Å². The Morgan fingerprint density at radius 3 is 2.48 bits per heavy atom. The van der Waals surface area contributed by atoms with Crippen molar-refractivity contribution in [1.82, 2.24) is 9.80 Å². The molecule has 5 rings (SSSR count). The van der Waals surface area contributed by atoms with E-state index in [2.05, 4.69) is 39.0 Å². The highest BCUT2D eigenvalue weighted by Gasteiger charge is 2.23. The lowest BCUT2D eigenvalue weighted by molar-refractivity contribution is 0.230. The van der Waals surface area contributed by atoms with Gasteiger partial charge < -0.3 is 14.4 Å². The molecule has 0 spiro atoms. The van der Waals surface area contributed by atoms with Crippen LogP contribution in [-0.4, -0.2) is 47.6 Å². The van der Waals surface area contributed by atoms with E-state index < -0.39 is 5.63 Å². The van der Waals surface area contributed by atoms with Crippen LogP contribution in [0, 0.1) is 0 Å². The molecule has 2 aliphatic rings. The third kappa shape index (κ3) is 4.93. The second-order valence-corrected chi connectivity index (χ2v) is 9.28. The number of piperazine rings is 1. The Labute approximate surface area is 198 Å². The van der Waals surface area contributed by atoms with Gasteiger partial charge in [0.15, 0.2) is 0 Å². The Morgan fingerprint density at radius 1 is 0.909 bits per heavy atom. The Kier molecular flexibility index (Phi) is 6.40. The number of hydrogen-bond acceptors (Lipinski definition) is 6. The molecule has 0 radical (unpaired) electrons. The second-order valence-electron chi connectivity index (χ2n) is 8.85. The van der Waals surface area contributed by atoms with Crippen LogP contribution < -0.4 is 10.5 Å². The van der Waals surface area contributed by atoms with E-state index in [1.54, 1.807) is 0 Å². The summed E-state index contributed by atoms with van der Waals surface area (Å²) >= 11 is 6.14. The van der Waals surface area contributed by atoms with Gasteiger partial charge in [0, 0.05) is 68.6 Å². The highest BCUT2D eigenvalue weighted by molar-refractivity contribution is 6.30. The Morgan fingerprint density at radius 2 is 1.70 bits per heavy atom. The average Bonchev–Trinajstić information content (AvgIpc) is 2.84. The van der Waals surface area contributed by atoms with Crippen LogP contribution in [0.1, 0.15) is 22.3 Å². The van der Waals surface area contributed by atoms with Crippen LogP contribution in [0.15, 0.2) is 64.0 Å². The number of nitrogens with zero attached hydrogens (tertiary/aromatic N) is 3. The van der Waals surface area contributed by atoms with Gasteiger partial charge in [0.2, 0.25) is 0 Å². The van der Waals surface area contributed by atoms with Crippen molar-refractivity contribution in [3.05, 3.63) is 92.5 Å². The minimum Gasteiger partial charge on any atom is -0.507 e. The molecule has 2 aliphatic heterocycles. The van der Waals surface area contributed by atoms with E-state index in [9.17, 15) is 9.90 Å². The van der Waals surface area contributed by atoms with E-state index in [4.69, 9.17) is 16.0 Å². The summed E-state index contributed by atoms with van der Waals surface area (Å²) in [5.41, 5.74) is 4.32. The van der Waals surface area contributed by atoms with E-state index in [1.165, 1.54) is 17.4 Å². The molecule has 0 bridgehead atoms. The van der Waals surface area contributed by atoms with Gasteiger partial charge in [-0.15, -0.1) is 0 Å². The molecular formula is C26H28ClN3O3. The molecule has 172 valence electrons. The number of anilines is 1. The quantitative estimate of drug-likeness (QED) is 0.617. The number of rotatable bonds is 5. The molecule has 7 heteroatoms. The number of benzene rings is 2. The van der Waals surface area contributed by atoms with Crippen LogP contribution in [-0.2, 0) is 26.1 Å². The SMILES string of the molecule is O=c1occ(CN2CCN(c3cccc(Cl)c3)CC2)c(O)c1CN1CCc2ccccc2C1. The lowest BCUT2D eigenvalue weighted by atomic mass is 9.99. The van der Waals surface area contributed by atoms with Gasteiger partial charge in [0.1, 0.15) is 12.0 Å². The second kappa shape index (κ2) is 9.59. The molecule has 0 amide bonds. The standard InChI is InChI=1S/C26H28ClN3O3/c27-22-6-3-7-23(14-22)30-12-10-28(11-13-30)16-21-18-33-26(32)24(25(21)31)17-29-9-8-19-4-1-2-5-20(19)15-29/h1-7,14,18,31H,8-13,15-17H2. The first-order chi connectivity index (χ1) is 16.1. The molecular weight excluding hydrogens is 438 g/mol. The van der Waals surface area contributed by atoms with Crippen molar-refractivity contribution in [1.29, 1.82) is 0 Å². The fourth-order valence-electron chi connectivity index (χ4n) is 4.78. The van der Waals surface area contributed by atoms with Gasteiger partial charge in [0.05, 0.1) is 5.56 Å². The largest absolute Gasteiger partial charge is 0.507 e. The predicted octanol–water partition coefficient (Wildman–Crippen LogP) is 3.88. The molecule has 2 aromatic carbocycles. The zero-order valence-electron chi connectivity index (χ0n) is 18.5. The van der Waals surface area contributed by atoms with E-state index in [0.29, 0.717) is 24.2 Å². The fraction of sp³-hybridized carbons (Fsp3) is 0.346. The van der Waals surface area contributed by atoms with Gasteiger partial charge in [-0.2, -0.15) is 0 Å². The Balaban J connectivity index is 1.24. The number of hydrogen-bond donors (Lipinski definition) is 1. The highest BCUT2D eigenvalue weighted by Crippen LogP contribution is 2.27.